The molecule has 3 aromatic rings. The molecule has 2 N–H and O–H groups in total. The number of benzene rings is 2. The molecule has 4 rings (SSSR count). The highest BCUT2D eigenvalue weighted by Crippen LogP contribution is 2.42. The number of nitrogens with zero attached hydrogens (tertiary/aromatic N) is 2. The Hall–Kier alpha value is -4.59. The third-order valence-electron chi connectivity index (χ3n) is 5.71. The van der Waals surface area contributed by atoms with Gasteiger partial charge in [0.15, 0.2) is 11.5 Å². The van der Waals surface area contributed by atoms with Crippen LogP contribution >= 0.6 is 0 Å². The first-order valence-electron chi connectivity index (χ1n) is 11.4. The van der Waals surface area contributed by atoms with Crippen molar-refractivity contribution >= 4 is 17.4 Å². The second kappa shape index (κ2) is 10.8. The van der Waals surface area contributed by atoms with Gasteiger partial charge in [0.05, 0.1) is 18.2 Å². The maximum absolute atomic E-state index is 13.2. The number of amides is 1. The summed E-state index contributed by atoms with van der Waals surface area (Å²) >= 11 is 0. The molecule has 1 unspecified atom stereocenters. The molecular weight excluding hydrogens is 460 g/mol. The Morgan fingerprint density at radius 3 is 2.58 bits per heavy atom. The second-order valence-electron chi connectivity index (χ2n) is 8.07. The first-order valence-corrected chi connectivity index (χ1v) is 11.4. The van der Waals surface area contributed by atoms with Crippen molar-refractivity contribution in [3.05, 3.63) is 102 Å². The lowest BCUT2D eigenvalue weighted by Gasteiger charge is -2.26. The standard InChI is InChI=1S/C28H26N2O6/c1-3-14-36-21-10-7-19(8-11-21)26(32)24-25(20-9-12-22(31)23(15-20)35-4-2)30(28(34)27(24)33)17-18-6-5-13-29-16-18/h3,5-13,15-16,25,31-32H,1,4,14,17H2,2H3/b26-24+. The number of aliphatic hydroxyl groups excluding tert-OH is 1. The van der Waals surface area contributed by atoms with Gasteiger partial charge in [0.1, 0.15) is 18.1 Å². The van der Waals surface area contributed by atoms with Gasteiger partial charge in [-0.1, -0.05) is 24.8 Å². The number of phenols is 1. The summed E-state index contributed by atoms with van der Waals surface area (Å²) in [7, 11) is 0. The monoisotopic (exact) mass is 486 g/mol. The summed E-state index contributed by atoms with van der Waals surface area (Å²) in [6.45, 7) is 6.13. The van der Waals surface area contributed by atoms with Crippen molar-refractivity contribution in [3.8, 4) is 17.2 Å². The Labute approximate surface area is 208 Å². The normalized spacial score (nSPS) is 16.7. The third-order valence-corrected chi connectivity index (χ3v) is 5.71. The number of carbonyl (C=O) groups is 2. The van der Waals surface area contributed by atoms with Gasteiger partial charge in [-0.15, -0.1) is 0 Å². The van der Waals surface area contributed by atoms with Crippen LogP contribution < -0.4 is 9.47 Å². The maximum Gasteiger partial charge on any atom is 0.295 e. The lowest BCUT2D eigenvalue weighted by molar-refractivity contribution is -0.140. The predicted molar refractivity (Wildman–Crippen MR) is 133 cm³/mol. The molecule has 0 radical (unpaired) electrons. The summed E-state index contributed by atoms with van der Waals surface area (Å²) in [4.78, 5) is 31.9. The molecule has 1 saturated heterocycles. The summed E-state index contributed by atoms with van der Waals surface area (Å²) in [5.74, 6) is -1.15. The molecule has 1 fully saturated rings. The van der Waals surface area contributed by atoms with E-state index in [1.807, 2.05) is 0 Å². The number of aromatic hydroxyl groups is 1. The van der Waals surface area contributed by atoms with E-state index >= 15 is 0 Å². The zero-order valence-electron chi connectivity index (χ0n) is 19.8. The van der Waals surface area contributed by atoms with Crippen LogP contribution in [0.25, 0.3) is 5.76 Å². The zero-order valence-corrected chi connectivity index (χ0v) is 19.8. The Morgan fingerprint density at radius 1 is 1.14 bits per heavy atom. The van der Waals surface area contributed by atoms with E-state index in [0.717, 1.165) is 5.56 Å². The lowest BCUT2D eigenvalue weighted by Crippen LogP contribution is -2.29. The number of phenolic OH excluding ortho intramolecular Hbond substituents is 1. The Morgan fingerprint density at radius 2 is 1.92 bits per heavy atom. The second-order valence-corrected chi connectivity index (χ2v) is 8.07. The Bertz CT molecular complexity index is 1300. The van der Waals surface area contributed by atoms with E-state index < -0.39 is 17.7 Å². The van der Waals surface area contributed by atoms with Crippen LogP contribution in [0.4, 0.5) is 0 Å². The largest absolute Gasteiger partial charge is 0.507 e. The van der Waals surface area contributed by atoms with Crippen LogP contribution in [0.2, 0.25) is 0 Å². The van der Waals surface area contributed by atoms with Crippen molar-refractivity contribution in [2.75, 3.05) is 13.2 Å². The van der Waals surface area contributed by atoms with Crippen LogP contribution in [0.5, 0.6) is 17.2 Å². The van der Waals surface area contributed by atoms with Crippen LogP contribution in [-0.4, -0.2) is 45.0 Å². The van der Waals surface area contributed by atoms with E-state index in [2.05, 4.69) is 11.6 Å². The summed E-state index contributed by atoms with van der Waals surface area (Å²) in [5.41, 5.74) is 1.52. The number of ketones is 1. The number of ether oxygens (including phenoxy) is 2. The first-order chi connectivity index (χ1) is 17.4. The van der Waals surface area contributed by atoms with Gasteiger partial charge in [0, 0.05) is 24.5 Å². The summed E-state index contributed by atoms with van der Waals surface area (Å²) in [5, 5.41) is 21.4. The average molecular weight is 487 g/mol. The molecule has 1 aliphatic heterocycles. The van der Waals surface area contributed by atoms with Gasteiger partial charge in [-0.05, 0) is 60.5 Å². The quantitative estimate of drug-likeness (QED) is 0.200. The van der Waals surface area contributed by atoms with Crippen molar-refractivity contribution in [3.63, 3.8) is 0 Å². The highest BCUT2D eigenvalue weighted by atomic mass is 16.5. The van der Waals surface area contributed by atoms with E-state index in [-0.39, 0.29) is 29.4 Å². The van der Waals surface area contributed by atoms with Crippen LogP contribution in [0.15, 0.2) is 85.2 Å². The molecule has 2 heterocycles. The predicted octanol–water partition coefficient (Wildman–Crippen LogP) is 4.37. The maximum atomic E-state index is 13.2. The van der Waals surface area contributed by atoms with Crippen molar-refractivity contribution in [1.82, 2.24) is 9.88 Å². The molecule has 8 nitrogen and oxygen atoms in total. The van der Waals surface area contributed by atoms with Crippen molar-refractivity contribution in [2.24, 2.45) is 0 Å². The molecule has 1 aliphatic rings. The molecule has 0 bridgehead atoms. The number of aliphatic hydroxyl groups is 1. The van der Waals surface area contributed by atoms with E-state index in [1.165, 1.54) is 11.0 Å². The van der Waals surface area contributed by atoms with Crippen molar-refractivity contribution in [2.45, 2.75) is 19.5 Å². The number of rotatable bonds is 9. The first kappa shape index (κ1) is 24.5. The number of likely N-dealkylation sites (tertiary alicyclic amines) is 1. The van der Waals surface area contributed by atoms with Gasteiger partial charge >= 0.3 is 0 Å². The number of hydrogen-bond donors (Lipinski definition) is 2. The lowest BCUT2D eigenvalue weighted by atomic mass is 9.95. The van der Waals surface area contributed by atoms with Gasteiger partial charge in [-0.2, -0.15) is 0 Å². The van der Waals surface area contributed by atoms with Crippen molar-refractivity contribution < 1.29 is 29.3 Å². The van der Waals surface area contributed by atoms with Crippen molar-refractivity contribution in [1.29, 1.82) is 0 Å². The molecule has 36 heavy (non-hydrogen) atoms. The molecule has 2 aromatic carbocycles. The third kappa shape index (κ3) is 4.93. The molecule has 0 aliphatic carbocycles. The molecule has 1 aromatic heterocycles. The fourth-order valence-corrected chi connectivity index (χ4v) is 4.07. The van der Waals surface area contributed by atoms with Crippen LogP contribution in [0.3, 0.4) is 0 Å². The Balaban J connectivity index is 1.82. The smallest absolute Gasteiger partial charge is 0.295 e. The van der Waals surface area contributed by atoms with Gasteiger partial charge in [-0.3, -0.25) is 14.6 Å². The fraction of sp³-hybridized carbons (Fsp3) is 0.179. The molecule has 0 spiro atoms. The van der Waals surface area contributed by atoms with Crippen LogP contribution in [0, 0.1) is 0 Å². The van der Waals surface area contributed by atoms with Gasteiger partial charge < -0.3 is 24.6 Å². The molecular formula is C28H26N2O6. The molecule has 0 saturated carbocycles. The summed E-state index contributed by atoms with van der Waals surface area (Å²) < 4.78 is 11.0. The Kier molecular flexibility index (Phi) is 7.34. The minimum Gasteiger partial charge on any atom is -0.507 e. The minimum atomic E-state index is -0.915. The fourth-order valence-electron chi connectivity index (χ4n) is 4.07. The number of aromatic nitrogens is 1. The minimum absolute atomic E-state index is 0.0585. The molecule has 1 atom stereocenters. The van der Waals surface area contributed by atoms with E-state index in [9.17, 15) is 19.8 Å². The highest BCUT2D eigenvalue weighted by Gasteiger charge is 2.46. The van der Waals surface area contributed by atoms with E-state index in [1.54, 1.807) is 73.9 Å². The highest BCUT2D eigenvalue weighted by molar-refractivity contribution is 6.46. The molecule has 8 heteroatoms. The summed E-state index contributed by atoms with van der Waals surface area (Å²) in [6, 6.07) is 13.8. The van der Waals surface area contributed by atoms with Gasteiger partial charge in [0.25, 0.3) is 11.7 Å². The zero-order chi connectivity index (χ0) is 25.7. The van der Waals surface area contributed by atoms with Crippen LogP contribution in [0.1, 0.15) is 29.7 Å². The summed E-state index contributed by atoms with van der Waals surface area (Å²) in [6.07, 6.45) is 4.85. The number of Topliss-reactive ketones (excluding diaryl/α,β-unsaturated/α-hetero) is 1. The topological polar surface area (TPSA) is 109 Å². The van der Waals surface area contributed by atoms with Gasteiger partial charge in [-0.25, -0.2) is 0 Å². The molecule has 1 amide bonds. The van der Waals surface area contributed by atoms with E-state index in [4.69, 9.17) is 9.47 Å². The van der Waals surface area contributed by atoms with Crippen LogP contribution in [-0.2, 0) is 16.1 Å². The van der Waals surface area contributed by atoms with Gasteiger partial charge in [0.2, 0.25) is 0 Å². The number of hydrogen-bond acceptors (Lipinski definition) is 7. The molecule has 184 valence electrons. The number of pyridine rings is 1. The average Bonchev–Trinajstić information content (AvgIpc) is 3.14. The number of carbonyl (C=O) groups excluding carboxylic acids is 2. The SMILES string of the molecule is C=CCOc1ccc(/C(O)=C2\C(=O)C(=O)N(Cc3cccnc3)C2c2ccc(O)c(OCC)c2)cc1. The van der Waals surface area contributed by atoms with E-state index in [0.29, 0.717) is 30.1 Å².